The normalized spacial score (nSPS) is 11.2. The lowest BCUT2D eigenvalue weighted by Gasteiger charge is -2.07. The Morgan fingerprint density at radius 3 is 2.61 bits per heavy atom. The second-order valence-electron chi connectivity index (χ2n) is 6.08. The van der Waals surface area contributed by atoms with Crippen LogP contribution in [0.4, 0.5) is 10.2 Å². The second kappa shape index (κ2) is 8.77. The molecule has 0 spiro atoms. The maximum Gasteiger partial charge on any atom is 0.213 e. The van der Waals surface area contributed by atoms with E-state index >= 15 is 0 Å². The number of ketones is 1. The van der Waals surface area contributed by atoms with Crippen LogP contribution in [0.25, 0.3) is 0 Å². The molecule has 4 N–H and O–H groups in total. The van der Waals surface area contributed by atoms with Crippen molar-refractivity contribution in [1.82, 2.24) is 9.97 Å². The van der Waals surface area contributed by atoms with E-state index in [1.54, 1.807) is 36.4 Å². The maximum absolute atomic E-state index is 13.1. The lowest BCUT2D eigenvalue weighted by molar-refractivity contribution is 0.104. The van der Waals surface area contributed by atoms with E-state index in [2.05, 4.69) is 9.97 Å². The van der Waals surface area contributed by atoms with Crippen LogP contribution in [0.3, 0.4) is 0 Å². The number of carbonyl (C=O) groups is 1. The second-order valence-corrected chi connectivity index (χ2v) is 6.08. The van der Waals surface area contributed by atoms with E-state index in [1.807, 2.05) is 12.1 Å². The third-order valence-electron chi connectivity index (χ3n) is 3.91. The Bertz CT molecular complexity index is 1000. The molecule has 0 fully saturated rings. The number of hydrogen-bond donors (Lipinski definition) is 2. The first kappa shape index (κ1) is 19.0. The summed E-state index contributed by atoms with van der Waals surface area (Å²) in [7, 11) is 0. The van der Waals surface area contributed by atoms with Gasteiger partial charge in [-0.25, -0.2) is 9.97 Å². The van der Waals surface area contributed by atoms with Crippen LogP contribution in [0, 0.1) is 5.95 Å². The van der Waals surface area contributed by atoms with Crippen molar-refractivity contribution in [3.63, 3.8) is 0 Å². The van der Waals surface area contributed by atoms with Gasteiger partial charge in [0.25, 0.3) is 0 Å². The van der Waals surface area contributed by atoms with Gasteiger partial charge < -0.3 is 16.2 Å². The Morgan fingerprint density at radius 1 is 1.11 bits per heavy atom. The molecule has 0 aliphatic carbocycles. The quantitative estimate of drug-likeness (QED) is 0.372. The first-order valence-corrected chi connectivity index (χ1v) is 8.55. The number of nitrogens with zero attached hydrogens (tertiary/aromatic N) is 2. The van der Waals surface area contributed by atoms with Crippen LogP contribution < -0.4 is 16.2 Å². The van der Waals surface area contributed by atoms with E-state index in [0.717, 1.165) is 5.56 Å². The summed E-state index contributed by atoms with van der Waals surface area (Å²) in [5.41, 5.74) is 13.8. The zero-order valence-corrected chi connectivity index (χ0v) is 15.0. The van der Waals surface area contributed by atoms with Crippen molar-refractivity contribution in [1.29, 1.82) is 0 Å². The van der Waals surface area contributed by atoms with Crippen molar-refractivity contribution < 1.29 is 13.9 Å². The molecule has 0 saturated carbocycles. The summed E-state index contributed by atoms with van der Waals surface area (Å²) in [5, 5.41) is 0. The van der Waals surface area contributed by atoms with Crippen molar-refractivity contribution in [2.45, 2.75) is 13.0 Å². The average Bonchev–Trinajstić information content (AvgIpc) is 2.68. The summed E-state index contributed by atoms with van der Waals surface area (Å²) < 4.78 is 18.7. The third-order valence-corrected chi connectivity index (χ3v) is 3.91. The molecule has 142 valence electrons. The van der Waals surface area contributed by atoms with Gasteiger partial charge in [0.05, 0.1) is 11.3 Å². The van der Waals surface area contributed by atoms with Crippen molar-refractivity contribution in [2.24, 2.45) is 5.73 Å². The maximum atomic E-state index is 13.1. The van der Waals surface area contributed by atoms with Crippen LogP contribution in [0.5, 0.6) is 5.75 Å². The van der Waals surface area contributed by atoms with Crippen molar-refractivity contribution in [3.05, 3.63) is 95.3 Å². The van der Waals surface area contributed by atoms with Crippen molar-refractivity contribution >= 4 is 11.6 Å². The molecule has 0 aliphatic heterocycles. The molecule has 2 heterocycles. The molecule has 3 rings (SSSR count). The highest BCUT2D eigenvalue weighted by Gasteiger charge is 2.08. The number of carbonyl (C=O) groups excluding carboxylic acids is 1. The average molecular weight is 378 g/mol. The van der Waals surface area contributed by atoms with Gasteiger partial charge in [-0.05, 0) is 42.0 Å². The highest BCUT2D eigenvalue weighted by molar-refractivity contribution is 6.07. The fourth-order valence-electron chi connectivity index (χ4n) is 2.55. The summed E-state index contributed by atoms with van der Waals surface area (Å²) >= 11 is 0. The fraction of sp³-hybridized carbons (Fsp3) is 0.0952. The summed E-state index contributed by atoms with van der Waals surface area (Å²) in [5.74, 6) is -0.0330. The molecule has 1 aromatic carbocycles. The highest BCUT2D eigenvalue weighted by Crippen LogP contribution is 2.16. The van der Waals surface area contributed by atoms with E-state index in [0.29, 0.717) is 29.1 Å². The van der Waals surface area contributed by atoms with Gasteiger partial charge in [0, 0.05) is 24.4 Å². The molecule has 0 saturated heterocycles. The fourth-order valence-corrected chi connectivity index (χ4v) is 2.55. The number of anilines is 1. The monoisotopic (exact) mass is 378 g/mol. The SMILES string of the molecule is N/C(=C\C(=O)c1cccnc1N)Cc1ccc(OCc2cccc(F)n2)cc1. The molecule has 28 heavy (non-hydrogen) atoms. The topological polar surface area (TPSA) is 104 Å². The molecule has 0 atom stereocenters. The van der Waals surface area contributed by atoms with Gasteiger partial charge >= 0.3 is 0 Å². The Balaban J connectivity index is 1.59. The lowest BCUT2D eigenvalue weighted by atomic mass is 10.1. The van der Waals surface area contributed by atoms with E-state index in [-0.39, 0.29) is 18.2 Å². The number of benzene rings is 1. The standard InChI is InChI=1S/C21H19FN4O2/c22-20-5-1-3-16(26-20)13-28-17-8-6-14(7-9-17)11-15(23)12-19(27)18-4-2-10-25-21(18)24/h1-10,12H,11,13,23H2,(H2,24,25)/b15-12-. The minimum atomic E-state index is -0.540. The van der Waals surface area contributed by atoms with E-state index in [9.17, 15) is 9.18 Å². The van der Waals surface area contributed by atoms with Crippen LogP contribution in [-0.2, 0) is 13.0 Å². The number of nitrogen functional groups attached to an aromatic ring is 1. The number of pyridine rings is 2. The minimum Gasteiger partial charge on any atom is -0.487 e. The molecule has 3 aromatic rings. The molecule has 0 amide bonds. The number of ether oxygens (including phenoxy) is 1. The molecule has 0 bridgehead atoms. The van der Waals surface area contributed by atoms with Crippen molar-refractivity contribution in [3.8, 4) is 5.75 Å². The first-order chi connectivity index (χ1) is 13.5. The molecule has 6 nitrogen and oxygen atoms in total. The van der Waals surface area contributed by atoms with Gasteiger partial charge in [-0.2, -0.15) is 4.39 Å². The van der Waals surface area contributed by atoms with Gasteiger partial charge in [0.15, 0.2) is 5.78 Å². The minimum absolute atomic E-state index is 0.167. The first-order valence-electron chi connectivity index (χ1n) is 8.55. The number of allylic oxidation sites excluding steroid dienone is 2. The summed E-state index contributed by atoms with van der Waals surface area (Å²) in [6.45, 7) is 0.167. The number of halogens is 1. The summed E-state index contributed by atoms with van der Waals surface area (Å²) in [6.07, 6.45) is 3.28. The molecule has 0 radical (unpaired) electrons. The number of nitrogens with two attached hydrogens (primary N) is 2. The predicted molar refractivity (Wildman–Crippen MR) is 104 cm³/mol. The third kappa shape index (κ3) is 5.14. The number of aromatic nitrogens is 2. The zero-order valence-electron chi connectivity index (χ0n) is 15.0. The lowest BCUT2D eigenvalue weighted by Crippen LogP contribution is -2.08. The van der Waals surface area contributed by atoms with Gasteiger partial charge in [-0.15, -0.1) is 0 Å². The van der Waals surface area contributed by atoms with Crippen LogP contribution >= 0.6 is 0 Å². The Kier molecular flexibility index (Phi) is 5.96. The van der Waals surface area contributed by atoms with Gasteiger partial charge in [-0.1, -0.05) is 18.2 Å². The van der Waals surface area contributed by atoms with E-state index < -0.39 is 5.95 Å². The zero-order chi connectivity index (χ0) is 19.9. The summed E-state index contributed by atoms with van der Waals surface area (Å²) in [6, 6.07) is 15.1. The van der Waals surface area contributed by atoms with Crippen LogP contribution in [0.1, 0.15) is 21.6 Å². The van der Waals surface area contributed by atoms with E-state index in [4.69, 9.17) is 16.2 Å². The Labute approximate surface area is 161 Å². The largest absolute Gasteiger partial charge is 0.487 e. The number of rotatable bonds is 7. The van der Waals surface area contributed by atoms with E-state index in [1.165, 1.54) is 18.3 Å². The molecule has 2 aromatic heterocycles. The van der Waals surface area contributed by atoms with Crippen molar-refractivity contribution in [2.75, 3.05) is 5.73 Å². The number of hydrogen-bond acceptors (Lipinski definition) is 6. The van der Waals surface area contributed by atoms with Gasteiger partial charge in [0.2, 0.25) is 5.95 Å². The Hall–Kier alpha value is -3.74. The molecule has 0 aliphatic rings. The highest BCUT2D eigenvalue weighted by atomic mass is 19.1. The molecule has 7 heteroatoms. The molecular weight excluding hydrogens is 359 g/mol. The summed E-state index contributed by atoms with van der Waals surface area (Å²) in [4.78, 5) is 19.9. The molecule has 0 unspecified atom stereocenters. The predicted octanol–water partition coefficient (Wildman–Crippen LogP) is 3.04. The van der Waals surface area contributed by atoms with Gasteiger partial charge in [-0.3, -0.25) is 4.79 Å². The smallest absolute Gasteiger partial charge is 0.213 e. The van der Waals surface area contributed by atoms with Crippen LogP contribution in [0.2, 0.25) is 0 Å². The Morgan fingerprint density at radius 2 is 1.89 bits per heavy atom. The van der Waals surface area contributed by atoms with Crippen LogP contribution in [-0.4, -0.2) is 15.8 Å². The molecular formula is C21H19FN4O2. The van der Waals surface area contributed by atoms with Crippen LogP contribution in [0.15, 0.2) is 72.6 Å². The van der Waals surface area contributed by atoms with Gasteiger partial charge in [0.1, 0.15) is 18.2 Å².